The van der Waals surface area contributed by atoms with Crippen LogP contribution >= 0.6 is 15.9 Å². The Labute approximate surface area is 190 Å². The van der Waals surface area contributed by atoms with Crippen molar-refractivity contribution >= 4 is 21.9 Å². The van der Waals surface area contributed by atoms with Crippen molar-refractivity contribution in [1.29, 1.82) is 0 Å². The lowest BCUT2D eigenvalue weighted by atomic mass is 10.1. The van der Waals surface area contributed by atoms with Crippen molar-refractivity contribution in [3.8, 4) is 17.0 Å². The molecule has 1 aromatic heterocycles. The molecule has 152 valence electrons. The molecule has 0 saturated carbocycles. The number of esters is 1. The highest BCUT2D eigenvalue weighted by Crippen LogP contribution is 2.25. The standard InChI is InChI=1S/C23H24BrN2O2.BrH/c1-17-6-12-20(13-7-17)28-23(27)16-25-15-21(18-8-10-19(24)11-9-18)26-14-4-2-3-5-22(25)26;/h6-13,15H,2-5,14,16H2,1H3;1H/q+1;/p-1. The molecule has 2 heterocycles. The van der Waals surface area contributed by atoms with Crippen LogP contribution in [-0.2, 0) is 24.3 Å². The van der Waals surface area contributed by atoms with E-state index in [0.717, 1.165) is 40.7 Å². The predicted octanol–water partition coefficient (Wildman–Crippen LogP) is 1.85. The second kappa shape index (κ2) is 9.72. The first-order chi connectivity index (χ1) is 13.6. The Bertz CT molecular complexity index is 979. The Morgan fingerprint density at radius 1 is 1.07 bits per heavy atom. The normalized spacial score (nSPS) is 13.2. The Kier molecular flexibility index (Phi) is 7.30. The lowest BCUT2D eigenvalue weighted by Gasteiger charge is -2.05. The van der Waals surface area contributed by atoms with Gasteiger partial charge < -0.3 is 21.7 Å². The van der Waals surface area contributed by atoms with Gasteiger partial charge in [-0.2, -0.15) is 0 Å². The average Bonchev–Trinajstić information content (AvgIpc) is 2.86. The summed E-state index contributed by atoms with van der Waals surface area (Å²) >= 11 is 3.51. The molecule has 3 aromatic rings. The summed E-state index contributed by atoms with van der Waals surface area (Å²) in [5.74, 6) is 1.56. The number of rotatable bonds is 4. The molecule has 0 amide bonds. The first-order valence-corrected chi connectivity index (χ1v) is 10.5. The number of hydrogen-bond acceptors (Lipinski definition) is 2. The van der Waals surface area contributed by atoms with E-state index in [1.807, 2.05) is 31.2 Å². The third-order valence-corrected chi connectivity index (χ3v) is 5.71. The molecule has 0 unspecified atom stereocenters. The van der Waals surface area contributed by atoms with Gasteiger partial charge in [0.15, 0.2) is 12.2 Å². The third kappa shape index (κ3) is 5.17. The van der Waals surface area contributed by atoms with Gasteiger partial charge in [-0.15, -0.1) is 0 Å². The van der Waals surface area contributed by atoms with Gasteiger partial charge in [0, 0.05) is 16.5 Å². The van der Waals surface area contributed by atoms with Crippen LogP contribution in [0.3, 0.4) is 0 Å². The molecule has 0 N–H and O–H groups in total. The summed E-state index contributed by atoms with van der Waals surface area (Å²) in [6.07, 6.45) is 6.61. The molecule has 0 atom stereocenters. The van der Waals surface area contributed by atoms with E-state index in [0.29, 0.717) is 5.75 Å². The Morgan fingerprint density at radius 3 is 2.52 bits per heavy atom. The number of ether oxygens (including phenoxy) is 1. The number of carbonyl (C=O) groups excluding carboxylic acids is 1. The molecule has 0 aliphatic carbocycles. The van der Waals surface area contributed by atoms with E-state index in [9.17, 15) is 4.79 Å². The van der Waals surface area contributed by atoms with Crippen molar-refractivity contribution in [2.24, 2.45) is 0 Å². The molecule has 0 saturated heterocycles. The number of fused-ring (bicyclic) bond motifs is 1. The van der Waals surface area contributed by atoms with E-state index in [2.05, 4.69) is 55.5 Å². The SMILES string of the molecule is Cc1ccc(OC(=O)C[n+]2cc(-c3ccc(Br)cc3)n3c2CCCCC3)cc1.[Br-]. The van der Waals surface area contributed by atoms with Crippen LogP contribution in [0.4, 0.5) is 0 Å². The summed E-state index contributed by atoms with van der Waals surface area (Å²) in [5.41, 5.74) is 3.47. The highest BCUT2D eigenvalue weighted by molar-refractivity contribution is 9.10. The van der Waals surface area contributed by atoms with Crippen LogP contribution in [0.25, 0.3) is 11.3 Å². The summed E-state index contributed by atoms with van der Waals surface area (Å²) in [6.45, 7) is 3.22. The first kappa shape index (κ1) is 21.8. The van der Waals surface area contributed by atoms with Gasteiger partial charge in [0.05, 0.1) is 6.54 Å². The summed E-state index contributed by atoms with van der Waals surface area (Å²) in [7, 11) is 0. The van der Waals surface area contributed by atoms with Crippen LogP contribution in [0.2, 0.25) is 0 Å². The largest absolute Gasteiger partial charge is 1.00 e. The fourth-order valence-electron chi connectivity index (χ4n) is 3.74. The zero-order valence-electron chi connectivity index (χ0n) is 16.4. The van der Waals surface area contributed by atoms with Crippen molar-refractivity contribution in [1.82, 2.24) is 4.57 Å². The minimum absolute atomic E-state index is 0. The van der Waals surface area contributed by atoms with Crippen LogP contribution in [0.5, 0.6) is 5.75 Å². The fourth-order valence-corrected chi connectivity index (χ4v) is 4.01. The van der Waals surface area contributed by atoms with E-state index in [1.165, 1.54) is 18.7 Å². The summed E-state index contributed by atoms with van der Waals surface area (Å²) in [6, 6.07) is 15.9. The Morgan fingerprint density at radius 2 is 1.79 bits per heavy atom. The summed E-state index contributed by atoms with van der Waals surface area (Å²) in [4.78, 5) is 12.6. The number of aryl methyl sites for hydroxylation is 1. The molecule has 4 rings (SSSR count). The van der Waals surface area contributed by atoms with Gasteiger partial charge in [0.25, 0.3) is 5.82 Å². The molecule has 1 aliphatic heterocycles. The summed E-state index contributed by atoms with van der Waals surface area (Å²) < 4.78 is 11.1. The number of carbonyl (C=O) groups is 1. The fraction of sp³-hybridized carbons (Fsp3) is 0.304. The highest BCUT2D eigenvalue weighted by Gasteiger charge is 2.27. The molecular formula is C23H24Br2N2O2. The molecular weight excluding hydrogens is 496 g/mol. The smallest absolute Gasteiger partial charge is 0.353 e. The quantitative estimate of drug-likeness (QED) is 0.299. The monoisotopic (exact) mass is 518 g/mol. The Balaban J connectivity index is 0.00000240. The van der Waals surface area contributed by atoms with Gasteiger partial charge in [-0.3, -0.25) is 0 Å². The first-order valence-electron chi connectivity index (χ1n) is 9.75. The molecule has 0 bridgehead atoms. The molecule has 4 nitrogen and oxygen atoms in total. The minimum atomic E-state index is -0.242. The number of nitrogens with zero attached hydrogens (tertiary/aromatic N) is 2. The van der Waals surface area contributed by atoms with Crippen molar-refractivity contribution in [2.75, 3.05) is 0 Å². The highest BCUT2D eigenvalue weighted by atomic mass is 79.9. The molecule has 29 heavy (non-hydrogen) atoms. The van der Waals surface area contributed by atoms with Crippen LogP contribution in [-0.4, -0.2) is 10.5 Å². The van der Waals surface area contributed by atoms with Gasteiger partial charge in [0.2, 0.25) is 0 Å². The van der Waals surface area contributed by atoms with Crippen LogP contribution < -0.4 is 26.3 Å². The lowest BCUT2D eigenvalue weighted by Crippen LogP contribution is -3.00. The third-order valence-electron chi connectivity index (χ3n) is 5.19. The van der Waals surface area contributed by atoms with Gasteiger partial charge >= 0.3 is 5.97 Å². The number of hydrogen-bond donors (Lipinski definition) is 0. The zero-order chi connectivity index (χ0) is 19.5. The average molecular weight is 520 g/mol. The number of benzene rings is 2. The maximum atomic E-state index is 12.6. The number of halogens is 2. The maximum absolute atomic E-state index is 12.6. The van der Waals surface area contributed by atoms with Gasteiger partial charge in [-0.05, 0) is 62.6 Å². The van der Waals surface area contributed by atoms with Crippen molar-refractivity contribution in [3.63, 3.8) is 0 Å². The van der Waals surface area contributed by atoms with E-state index >= 15 is 0 Å². The second-order valence-electron chi connectivity index (χ2n) is 7.31. The Hall–Kier alpha value is -1.92. The van der Waals surface area contributed by atoms with Gasteiger partial charge in [0.1, 0.15) is 11.9 Å². The van der Waals surface area contributed by atoms with E-state index in [1.54, 1.807) is 0 Å². The van der Waals surface area contributed by atoms with Crippen molar-refractivity contribution in [3.05, 3.63) is 70.6 Å². The van der Waals surface area contributed by atoms with E-state index in [-0.39, 0.29) is 29.5 Å². The molecule has 1 aliphatic rings. The molecule has 0 fully saturated rings. The lowest BCUT2D eigenvalue weighted by molar-refractivity contribution is -0.692. The zero-order valence-corrected chi connectivity index (χ0v) is 19.6. The van der Waals surface area contributed by atoms with Crippen molar-refractivity contribution < 1.29 is 31.1 Å². The number of imidazole rings is 1. The maximum Gasteiger partial charge on any atom is 0.353 e. The minimum Gasteiger partial charge on any atom is -1.00 e. The van der Waals surface area contributed by atoms with E-state index in [4.69, 9.17) is 4.74 Å². The van der Waals surface area contributed by atoms with Gasteiger partial charge in [-0.25, -0.2) is 13.9 Å². The van der Waals surface area contributed by atoms with Crippen molar-refractivity contribution in [2.45, 2.75) is 45.7 Å². The van der Waals surface area contributed by atoms with Crippen LogP contribution in [0.15, 0.2) is 59.2 Å². The molecule has 6 heteroatoms. The topological polar surface area (TPSA) is 35.1 Å². The number of aromatic nitrogens is 2. The molecule has 0 spiro atoms. The molecule has 2 aromatic carbocycles. The molecule has 0 radical (unpaired) electrons. The van der Waals surface area contributed by atoms with Gasteiger partial charge in [-0.1, -0.05) is 33.6 Å². The summed E-state index contributed by atoms with van der Waals surface area (Å²) in [5, 5.41) is 0. The van der Waals surface area contributed by atoms with Crippen LogP contribution in [0.1, 0.15) is 30.7 Å². The predicted molar refractivity (Wildman–Crippen MR) is 112 cm³/mol. The second-order valence-corrected chi connectivity index (χ2v) is 8.23. The van der Waals surface area contributed by atoms with Crippen LogP contribution in [0, 0.1) is 6.92 Å². The van der Waals surface area contributed by atoms with E-state index < -0.39 is 0 Å².